The van der Waals surface area contributed by atoms with Gasteiger partial charge in [-0.05, 0) is 50.1 Å². The number of pyridine rings is 1. The van der Waals surface area contributed by atoms with Crippen LogP contribution in [0.15, 0.2) is 42.7 Å². The lowest BCUT2D eigenvalue weighted by molar-refractivity contribution is 0.0634. The number of hydrogen-bond acceptors (Lipinski definition) is 4. The molecule has 1 heterocycles. The van der Waals surface area contributed by atoms with Crippen LogP contribution in [0.5, 0.6) is 0 Å². The Morgan fingerprint density at radius 1 is 1.22 bits per heavy atom. The molecular weight excluding hydrogens is 296 g/mol. The van der Waals surface area contributed by atoms with Crippen molar-refractivity contribution in [3.63, 3.8) is 0 Å². The Labute approximate surface area is 134 Å². The van der Waals surface area contributed by atoms with Crippen molar-refractivity contribution in [3.05, 3.63) is 48.3 Å². The summed E-state index contributed by atoms with van der Waals surface area (Å²) in [7, 11) is 0. The molecule has 0 spiro atoms. The quantitative estimate of drug-likeness (QED) is 0.899. The molecule has 0 aliphatic rings. The maximum atomic E-state index is 11.8. The van der Waals surface area contributed by atoms with E-state index in [4.69, 9.17) is 4.74 Å². The first-order chi connectivity index (χ1) is 10.8. The Morgan fingerprint density at radius 2 is 1.96 bits per heavy atom. The van der Waals surface area contributed by atoms with Gasteiger partial charge in [-0.3, -0.25) is 10.3 Å². The smallest absolute Gasteiger partial charge is 0.412 e. The highest BCUT2D eigenvalue weighted by atomic mass is 16.6. The van der Waals surface area contributed by atoms with E-state index in [1.807, 2.05) is 0 Å². The number of carboxylic acids is 1. The lowest BCUT2D eigenvalue weighted by Crippen LogP contribution is -2.27. The van der Waals surface area contributed by atoms with Gasteiger partial charge >= 0.3 is 12.1 Å². The van der Waals surface area contributed by atoms with Crippen LogP contribution in [0.2, 0.25) is 0 Å². The zero-order valence-electron chi connectivity index (χ0n) is 13.2. The van der Waals surface area contributed by atoms with Gasteiger partial charge in [-0.1, -0.05) is 12.1 Å². The van der Waals surface area contributed by atoms with E-state index in [1.165, 1.54) is 12.4 Å². The third kappa shape index (κ3) is 4.54. The van der Waals surface area contributed by atoms with E-state index < -0.39 is 17.7 Å². The zero-order chi connectivity index (χ0) is 17.0. The second-order valence-electron chi connectivity index (χ2n) is 5.93. The number of carboxylic acid groups (broad SMARTS) is 1. The number of rotatable bonds is 3. The highest BCUT2D eigenvalue weighted by Gasteiger charge is 2.17. The highest BCUT2D eigenvalue weighted by Crippen LogP contribution is 2.26. The van der Waals surface area contributed by atoms with E-state index >= 15 is 0 Å². The molecule has 0 atom stereocenters. The molecular formula is C17H18N2O4. The lowest BCUT2D eigenvalue weighted by atomic mass is 10.0. The molecule has 1 aromatic heterocycles. The standard InChI is InChI=1S/C17H18N2O4/c1-17(2,3)23-16(22)19-12-6-4-5-11(9-12)13-7-8-18-10-14(13)15(20)21/h4-10H,1-3H3,(H,19,22)(H,20,21). The molecule has 0 bridgehead atoms. The number of ether oxygens (including phenoxy) is 1. The maximum Gasteiger partial charge on any atom is 0.412 e. The molecule has 0 saturated heterocycles. The van der Waals surface area contributed by atoms with Crippen molar-refractivity contribution in [1.29, 1.82) is 0 Å². The predicted octanol–water partition coefficient (Wildman–Crippen LogP) is 3.79. The zero-order valence-corrected chi connectivity index (χ0v) is 13.2. The van der Waals surface area contributed by atoms with E-state index in [-0.39, 0.29) is 5.56 Å². The van der Waals surface area contributed by atoms with Gasteiger partial charge in [0.1, 0.15) is 5.60 Å². The van der Waals surface area contributed by atoms with Crippen LogP contribution < -0.4 is 5.32 Å². The van der Waals surface area contributed by atoms with Crippen molar-refractivity contribution >= 4 is 17.7 Å². The van der Waals surface area contributed by atoms with Crippen LogP contribution in [0.1, 0.15) is 31.1 Å². The molecule has 6 heteroatoms. The third-order valence-electron chi connectivity index (χ3n) is 2.87. The van der Waals surface area contributed by atoms with Gasteiger partial charge in [-0.2, -0.15) is 0 Å². The molecule has 2 rings (SSSR count). The van der Waals surface area contributed by atoms with Crippen molar-refractivity contribution in [1.82, 2.24) is 4.98 Å². The number of nitrogens with one attached hydrogen (secondary N) is 1. The highest BCUT2D eigenvalue weighted by molar-refractivity contribution is 5.96. The molecule has 23 heavy (non-hydrogen) atoms. The van der Waals surface area contributed by atoms with Crippen LogP contribution in [0, 0.1) is 0 Å². The number of aromatic nitrogens is 1. The Morgan fingerprint density at radius 3 is 2.61 bits per heavy atom. The number of carbonyl (C=O) groups excluding carboxylic acids is 1. The number of hydrogen-bond donors (Lipinski definition) is 2. The lowest BCUT2D eigenvalue weighted by Gasteiger charge is -2.19. The molecule has 2 aromatic rings. The minimum Gasteiger partial charge on any atom is -0.478 e. The molecule has 1 aromatic carbocycles. The Kier molecular flexibility index (Phi) is 4.64. The average Bonchev–Trinajstić information content (AvgIpc) is 2.45. The van der Waals surface area contributed by atoms with Crippen molar-refractivity contribution in [3.8, 4) is 11.1 Å². The summed E-state index contributed by atoms with van der Waals surface area (Å²) >= 11 is 0. The van der Waals surface area contributed by atoms with Gasteiger partial charge < -0.3 is 9.84 Å². The van der Waals surface area contributed by atoms with Crippen LogP contribution in [0.3, 0.4) is 0 Å². The minimum atomic E-state index is -1.06. The second kappa shape index (κ2) is 6.48. The van der Waals surface area contributed by atoms with E-state index in [2.05, 4.69) is 10.3 Å². The predicted molar refractivity (Wildman–Crippen MR) is 86.5 cm³/mol. The number of carbonyl (C=O) groups is 2. The summed E-state index contributed by atoms with van der Waals surface area (Å²) in [5.74, 6) is -1.06. The number of amides is 1. The van der Waals surface area contributed by atoms with Gasteiger partial charge in [0.25, 0.3) is 0 Å². The van der Waals surface area contributed by atoms with E-state index in [0.717, 1.165) is 0 Å². The first kappa shape index (κ1) is 16.5. The first-order valence-electron chi connectivity index (χ1n) is 7.04. The van der Waals surface area contributed by atoms with Crippen molar-refractivity contribution in [2.24, 2.45) is 0 Å². The molecule has 2 N–H and O–H groups in total. The number of benzene rings is 1. The second-order valence-corrected chi connectivity index (χ2v) is 5.93. The van der Waals surface area contributed by atoms with Crippen LogP contribution >= 0.6 is 0 Å². The monoisotopic (exact) mass is 314 g/mol. The summed E-state index contributed by atoms with van der Waals surface area (Å²) in [6.07, 6.45) is 2.25. The summed E-state index contributed by atoms with van der Waals surface area (Å²) in [6.45, 7) is 5.33. The Hall–Kier alpha value is -2.89. The number of nitrogens with zero attached hydrogens (tertiary/aromatic N) is 1. The fourth-order valence-electron chi connectivity index (χ4n) is 2.00. The van der Waals surface area contributed by atoms with E-state index in [1.54, 1.807) is 51.1 Å². The summed E-state index contributed by atoms with van der Waals surface area (Å²) in [6, 6.07) is 8.51. The molecule has 6 nitrogen and oxygen atoms in total. The largest absolute Gasteiger partial charge is 0.478 e. The number of anilines is 1. The van der Waals surface area contributed by atoms with Gasteiger partial charge in [0.2, 0.25) is 0 Å². The van der Waals surface area contributed by atoms with Gasteiger partial charge in [0.15, 0.2) is 0 Å². The van der Waals surface area contributed by atoms with Crippen LogP contribution in [0.25, 0.3) is 11.1 Å². The summed E-state index contributed by atoms with van der Waals surface area (Å²) in [5.41, 5.74) is 1.22. The fourth-order valence-corrected chi connectivity index (χ4v) is 2.00. The molecule has 0 radical (unpaired) electrons. The van der Waals surface area contributed by atoms with Gasteiger partial charge in [0.05, 0.1) is 5.56 Å². The normalized spacial score (nSPS) is 10.9. The Bertz CT molecular complexity index is 735. The SMILES string of the molecule is CC(C)(C)OC(=O)Nc1cccc(-c2ccncc2C(=O)O)c1. The molecule has 0 saturated carbocycles. The van der Waals surface area contributed by atoms with Gasteiger partial charge in [-0.25, -0.2) is 9.59 Å². The van der Waals surface area contributed by atoms with Crippen molar-refractivity contribution in [2.45, 2.75) is 26.4 Å². The number of aromatic carboxylic acids is 1. The summed E-state index contributed by atoms with van der Waals surface area (Å²) < 4.78 is 5.20. The fraction of sp³-hybridized carbons (Fsp3) is 0.235. The van der Waals surface area contributed by atoms with Crippen LogP contribution in [-0.2, 0) is 4.74 Å². The van der Waals surface area contributed by atoms with Crippen LogP contribution in [-0.4, -0.2) is 27.8 Å². The minimum absolute atomic E-state index is 0.0990. The van der Waals surface area contributed by atoms with E-state index in [9.17, 15) is 14.7 Å². The average molecular weight is 314 g/mol. The summed E-state index contributed by atoms with van der Waals surface area (Å²) in [4.78, 5) is 26.9. The molecule has 1 amide bonds. The van der Waals surface area contributed by atoms with Gasteiger partial charge in [-0.15, -0.1) is 0 Å². The third-order valence-corrected chi connectivity index (χ3v) is 2.87. The summed E-state index contributed by atoms with van der Waals surface area (Å²) in [5, 5.41) is 11.9. The molecule has 0 unspecified atom stereocenters. The topological polar surface area (TPSA) is 88.5 Å². The molecule has 0 aliphatic heterocycles. The molecule has 120 valence electrons. The van der Waals surface area contributed by atoms with Crippen molar-refractivity contribution in [2.75, 3.05) is 5.32 Å². The van der Waals surface area contributed by atoms with Gasteiger partial charge in [0, 0.05) is 18.1 Å². The molecule has 0 fully saturated rings. The maximum absolute atomic E-state index is 11.8. The first-order valence-corrected chi connectivity index (χ1v) is 7.04. The van der Waals surface area contributed by atoms with Crippen LogP contribution in [0.4, 0.5) is 10.5 Å². The molecule has 0 aliphatic carbocycles. The van der Waals surface area contributed by atoms with E-state index in [0.29, 0.717) is 16.8 Å². The Balaban J connectivity index is 2.28. The van der Waals surface area contributed by atoms with Crippen molar-refractivity contribution < 1.29 is 19.4 Å².